The maximum absolute atomic E-state index is 13.2. The van der Waals surface area contributed by atoms with Crippen LogP contribution in [0.2, 0.25) is 0 Å². The number of fused-ring (bicyclic) bond motifs is 3. The van der Waals surface area contributed by atoms with Gasteiger partial charge in [0.15, 0.2) is 0 Å². The molecule has 8 nitrogen and oxygen atoms in total. The van der Waals surface area contributed by atoms with Crippen molar-refractivity contribution in [2.24, 2.45) is 14.1 Å². The largest absolute Gasteiger partial charge is 0.496 e. The molecule has 0 saturated carbocycles. The first kappa shape index (κ1) is 18.1. The van der Waals surface area contributed by atoms with Crippen molar-refractivity contribution in [1.82, 2.24) is 28.9 Å². The summed E-state index contributed by atoms with van der Waals surface area (Å²) in [6, 6.07) is 5.78. The smallest absolute Gasteiger partial charge is 0.333 e. The molecule has 150 valence electrons. The Kier molecular flexibility index (Phi) is 3.95. The van der Waals surface area contributed by atoms with Gasteiger partial charge >= 0.3 is 5.69 Å². The molecule has 1 aromatic carbocycles. The van der Waals surface area contributed by atoms with Crippen molar-refractivity contribution in [3.8, 4) is 22.6 Å². The van der Waals surface area contributed by atoms with Gasteiger partial charge in [-0.05, 0) is 24.6 Å². The van der Waals surface area contributed by atoms with E-state index in [1.54, 1.807) is 52.8 Å². The molecule has 0 fully saturated rings. The number of nitrogens with zero attached hydrogens (tertiary/aromatic N) is 6. The first-order valence-corrected chi connectivity index (χ1v) is 9.47. The molecule has 0 aliphatic heterocycles. The van der Waals surface area contributed by atoms with Crippen LogP contribution in [0.3, 0.4) is 0 Å². The minimum atomic E-state index is -0.132. The zero-order valence-electron chi connectivity index (χ0n) is 17.1. The molecule has 0 spiro atoms. The number of aryl methyl sites for hydroxylation is 3. The first-order chi connectivity index (χ1) is 14.5. The molecule has 0 atom stereocenters. The molecule has 8 heteroatoms. The second kappa shape index (κ2) is 6.55. The molecule has 0 saturated heterocycles. The van der Waals surface area contributed by atoms with E-state index in [2.05, 4.69) is 15.1 Å². The van der Waals surface area contributed by atoms with E-state index >= 15 is 0 Å². The lowest BCUT2D eigenvalue weighted by Crippen LogP contribution is -2.21. The maximum atomic E-state index is 13.2. The van der Waals surface area contributed by atoms with Crippen molar-refractivity contribution in [3.05, 3.63) is 65.2 Å². The standard InChI is InChI=1S/C22H20N6O2/c1-13-9-23-6-5-18(13)28-21-16-7-15(14-10-25-26(2)12-14)20(30-4)8-17(16)24-11-19(21)27(3)22(28)29/h5-12H,1-4H3. The predicted octanol–water partition coefficient (Wildman–Crippen LogP) is 2.99. The molecule has 4 aromatic heterocycles. The van der Waals surface area contributed by atoms with Crippen LogP contribution in [-0.2, 0) is 14.1 Å². The summed E-state index contributed by atoms with van der Waals surface area (Å²) in [6.07, 6.45) is 8.91. The van der Waals surface area contributed by atoms with E-state index in [1.165, 1.54) is 0 Å². The average molecular weight is 400 g/mol. The minimum absolute atomic E-state index is 0.132. The van der Waals surface area contributed by atoms with Crippen molar-refractivity contribution in [2.75, 3.05) is 7.11 Å². The quantitative estimate of drug-likeness (QED) is 0.465. The predicted molar refractivity (Wildman–Crippen MR) is 115 cm³/mol. The molecule has 4 heterocycles. The van der Waals surface area contributed by atoms with Gasteiger partial charge in [0.1, 0.15) is 5.75 Å². The third kappa shape index (κ3) is 2.53. The van der Waals surface area contributed by atoms with Gasteiger partial charge in [0.25, 0.3) is 0 Å². The van der Waals surface area contributed by atoms with Gasteiger partial charge in [-0.25, -0.2) is 4.79 Å². The number of ether oxygens (including phenoxy) is 1. The number of rotatable bonds is 3. The molecule has 0 aliphatic carbocycles. The Morgan fingerprint density at radius 1 is 1.10 bits per heavy atom. The van der Waals surface area contributed by atoms with Gasteiger partial charge in [-0.1, -0.05) is 0 Å². The summed E-state index contributed by atoms with van der Waals surface area (Å²) in [7, 11) is 5.27. The number of pyridine rings is 2. The van der Waals surface area contributed by atoms with Gasteiger partial charge < -0.3 is 4.74 Å². The van der Waals surface area contributed by atoms with E-state index in [0.29, 0.717) is 5.75 Å². The average Bonchev–Trinajstić information content (AvgIpc) is 3.29. The lowest BCUT2D eigenvalue weighted by Gasteiger charge is -2.12. The number of hydrogen-bond acceptors (Lipinski definition) is 5. The van der Waals surface area contributed by atoms with Crippen LogP contribution in [-0.4, -0.2) is 36.0 Å². The molecule has 0 N–H and O–H groups in total. The highest BCUT2D eigenvalue weighted by Crippen LogP contribution is 2.36. The second-order valence-electron chi connectivity index (χ2n) is 7.30. The number of aromatic nitrogens is 6. The molecule has 5 rings (SSSR count). The number of hydrogen-bond donors (Lipinski definition) is 0. The maximum Gasteiger partial charge on any atom is 0.333 e. The topological polar surface area (TPSA) is 79.8 Å². The molecule has 30 heavy (non-hydrogen) atoms. The molecule has 0 aliphatic rings. The van der Waals surface area contributed by atoms with E-state index in [4.69, 9.17) is 4.74 Å². The zero-order chi connectivity index (χ0) is 21.0. The molecular formula is C22H20N6O2. The third-order valence-corrected chi connectivity index (χ3v) is 5.45. The van der Waals surface area contributed by atoms with Crippen LogP contribution in [0.4, 0.5) is 0 Å². The van der Waals surface area contributed by atoms with Gasteiger partial charge in [0, 0.05) is 55.3 Å². The zero-order valence-corrected chi connectivity index (χ0v) is 17.1. The normalized spacial score (nSPS) is 11.5. The Morgan fingerprint density at radius 2 is 1.93 bits per heavy atom. The number of methoxy groups -OCH3 is 1. The molecule has 0 amide bonds. The van der Waals surface area contributed by atoms with E-state index in [0.717, 1.165) is 44.3 Å². The van der Waals surface area contributed by atoms with Crippen LogP contribution in [0.25, 0.3) is 38.8 Å². The van der Waals surface area contributed by atoms with Gasteiger partial charge in [-0.15, -0.1) is 0 Å². The summed E-state index contributed by atoms with van der Waals surface area (Å²) in [5, 5.41) is 5.15. The van der Waals surface area contributed by atoms with E-state index in [9.17, 15) is 4.79 Å². The third-order valence-electron chi connectivity index (χ3n) is 5.45. The summed E-state index contributed by atoms with van der Waals surface area (Å²) in [4.78, 5) is 22.0. The second-order valence-corrected chi connectivity index (χ2v) is 7.30. The molecule has 0 bridgehead atoms. The summed E-state index contributed by atoms with van der Waals surface area (Å²) in [5.41, 5.74) is 5.70. The van der Waals surface area contributed by atoms with Crippen LogP contribution in [0.1, 0.15) is 5.56 Å². The Morgan fingerprint density at radius 3 is 2.63 bits per heavy atom. The summed E-state index contributed by atoms with van der Waals surface area (Å²) in [5.74, 6) is 0.701. The lowest BCUT2D eigenvalue weighted by atomic mass is 10.0. The number of benzene rings is 1. The van der Waals surface area contributed by atoms with Gasteiger partial charge in [-0.3, -0.25) is 23.8 Å². The number of imidazole rings is 1. The Hall–Kier alpha value is -3.94. The van der Waals surface area contributed by atoms with Crippen LogP contribution >= 0.6 is 0 Å². The van der Waals surface area contributed by atoms with Crippen molar-refractivity contribution >= 4 is 21.9 Å². The lowest BCUT2D eigenvalue weighted by molar-refractivity contribution is 0.417. The fraction of sp³-hybridized carbons (Fsp3) is 0.182. The van der Waals surface area contributed by atoms with E-state index in [1.807, 2.05) is 38.4 Å². The van der Waals surface area contributed by atoms with Crippen molar-refractivity contribution in [1.29, 1.82) is 0 Å². The SMILES string of the molecule is COc1cc2ncc3c(c2cc1-c1cnn(C)c1)n(-c1ccncc1C)c(=O)n3C. The highest BCUT2D eigenvalue weighted by Gasteiger charge is 2.19. The fourth-order valence-corrected chi connectivity index (χ4v) is 3.92. The van der Waals surface area contributed by atoms with Gasteiger partial charge in [-0.2, -0.15) is 5.10 Å². The Balaban J connectivity index is 1.95. The first-order valence-electron chi connectivity index (χ1n) is 9.47. The Labute approximate surface area is 172 Å². The van der Waals surface area contributed by atoms with E-state index < -0.39 is 0 Å². The summed E-state index contributed by atoms with van der Waals surface area (Å²) < 4.78 is 10.7. The van der Waals surface area contributed by atoms with E-state index in [-0.39, 0.29) is 5.69 Å². The van der Waals surface area contributed by atoms with Gasteiger partial charge in [0.2, 0.25) is 0 Å². The minimum Gasteiger partial charge on any atom is -0.496 e. The van der Waals surface area contributed by atoms with Crippen LogP contribution in [0.5, 0.6) is 5.75 Å². The van der Waals surface area contributed by atoms with Crippen molar-refractivity contribution < 1.29 is 4.74 Å². The van der Waals surface area contributed by atoms with Crippen molar-refractivity contribution in [2.45, 2.75) is 6.92 Å². The highest BCUT2D eigenvalue weighted by molar-refractivity contribution is 6.05. The molecule has 0 radical (unpaired) electrons. The molecule has 5 aromatic rings. The van der Waals surface area contributed by atoms with Crippen LogP contribution in [0.15, 0.2) is 54.0 Å². The molecular weight excluding hydrogens is 380 g/mol. The summed E-state index contributed by atoms with van der Waals surface area (Å²) >= 11 is 0. The monoisotopic (exact) mass is 400 g/mol. The Bertz CT molecular complexity index is 1490. The summed E-state index contributed by atoms with van der Waals surface area (Å²) in [6.45, 7) is 1.95. The van der Waals surface area contributed by atoms with Crippen molar-refractivity contribution in [3.63, 3.8) is 0 Å². The van der Waals surface area contributed by atoms with Crippen LogP contribution in [0, 0.1) is 6.92 Å². The van der Waals surface area contributed by atoms with Crippen LogP contribution < -0.4 is 10.4 Å². The highest BCUT2D eigenvalue weighted by atomic mass is 16.5. The molecule has 0 unspecified atom stereocenters. The fourth-order valence-electron chi connectivity index (χ4n) is 3.92. The van der Waals surface area contributed by atoms with Gasteiger partial charge in [0.05, 0.1) is 41.7 Å².